The highest BCUT2D eigenvalue weighted by Gasteiger charge is 1.99. The van der Waals surface area contributed by atoms with Crippen LogP contribution in [-0.4, -0.2) is 0 Å². The molecular formula is C8H12P2. The van der Waals surface area contributed by atoms with E-state index in [2.05, 4.69) is 49.7 Å². The highest BCUT2D eigenvalue weighted by molar-refractivity contribution is 7.27. The van der Waals surface area contributed by atoms with Crippen LogP contribution in [0.1, 0.15) is 18.1 Å². The van der Waals surface area contributed by atoms with Crippen LogP contribution in [-0.2, 0) is 0 Å². The van der Waals surface area contributed by atoms with Crippen molar-refractivity contribution in [1.82, 2.24) is 0 Å². The van der Waals surface area contributed by atoms with Gasteiger partial charge in [-0.3, -0.25) is 0 Å². The van der Waals surface area contributed by atoms with Crippen molar-refractivity contribution in [2.24, 2.45) is 0 Å². The Morgan fingerprint density at radius 3 is 2.30 bits per heavy atom. The second-order valence-electron chi connectivity index (χ2n) is 2.42. The van der Waals surface area contributed by atoms with E-state index in [9.17, 15) is 0 Å². The number of hydrogen-bond acceptors (Lipinski definition) is 0. The molecule has 0 aromatic heterocycles. The van der Waals surface area contributed by atoms with Crippen LogP contribution < -0.4 is 5.30 Å². The molecule has 0 aliphatic carbocycles. The van der Waals surface area contributed by atoms with Crippen LogP contribution in [0.15, 0.2) is 24.3 Å². The smallest absolute Gasteiger partial charge is 0.00367 e. The van der Waals surface area contributed by atoms with Gasteiger partial charge in [-0.1, -0.05) is 31.2 Å². The molecule has 54 valence electrons. The Morgan fingerprint density at radius 2 is 1.90 bits per heavy atom. The van der Waals surface area contributed by atoms with Crippen molar-refractivity contribution in [2.75, 3.05) is 0 Å². The van der Waals surface area contributed by atoms with Gasteiger partial charge in [-0.05, 0) is 16.5 Å². The average Bonchev–Trinajstić information content (AvgIpc) is 1.88. The molecule has 1 aromatic rings. The normalized spacial score (nSPS) is 13.1. The Labute approximate surface area is 66.8 Å². The molecule has 0 amide bonds. The van der Waals surface area contributed by atoms with Crippen molar-refractivity contribution in [1.29, 1.82) is 0 Å². The van der Waals surface area contributed by atoms with Crippen molar-refractivity contribution in [3.63, 3.8) is 0 Å². The monoisotopic (exact) mass is 170 g/mol. The van der Waals surface area contributed by atoms with Crippen LogP contribution >= 0.6 is 18.5 Å². The van der Waals surface area contributed by atoms with E-state index in [-0.39, 0.29) is 0 Å². The summed E-state index contributed by atoms with van der Waals surface area (Å²) in [5.74, 6) is 0. The van der Waals surface area contributed by atoms with E-state index in [0.717, 1.165) is 0 Å². The fourth-order valence-electron chi connectivity index (χ4n) is 0.926. The van der Waals surface area contributed by atoms with E-state index in [0.29, 0.717) is 5.66 Å². The summed E-state index contributed by atoms with van der Waals surface area (Å²) < 4.78 is 0. The lowest BCUT2D eigenvalue weighted by molar-refractivity contribution is 1.12. The van der Waals surface area contributed by atoms with Gasteiger partial charge in [0, 0.05) is 0 Å². The molecule has 0 aliphatic rings. The highest BCUT2D eigenvalue weighted by atomic mass is 31.0. The van der Waals surface area contributed by atoms with E-state index in [4.69, 9.17) is 0 Å². The van der Waals surface area contributed by atoms with Crippen LogP contribution in [0.2, 0.25) is 0 Å². The summed E-state index contributed by atoms with van der Waals surface area (Å²) in [6.07, 6.45) is 0. The van der Waals surface area contributed by atoms with Gasteiger partial charge < -0.3 is 0 Å². The summed E-state index contributed by atoms with van der Waals surface area (Å²) in [7, 11) is 5.53. The van der Waals surface area contributed by atoms with Gasteiger partial charge in [0.05, 0.1) is 0 Å². The number of benzene rings is 1. The van der Waals surface area contributed by atoms with Gasteiger partial charge in [-0.15, -0.1) is 18.5 Å². The first-order valence-corrected chi connectivity index (χ1v) is 4.56. The molecule has 0 N–H and O–H groups in total. The molecule has 0 nitrogen and oxygen atoms in total. The SMILES string of the molecule is CC(P)c1ccccc1P. The van der Waals surface area contributed by atoms with Gasteiger partial charge >= 0.3 is 0 Å². The summed E-state index contributed by atoms with van der Waals surface area (Å²) in [6, 6.07) is 8.39. The molecule has 0 radical (unpaired) electrons. The molecule has 0 fully saturated rings. The van der Waals surface area contributed by atoms with Crippen LogP contribution in [0.25, 0.3) is 0 Å². The van der Waals surface area contributed by atoms with Crippen LogP contribution in [0.4, 0.5) is 0 Å². The maximum atomic E-state index is 2.79. The zero-order valence-electron chi connectivity index (χ0n) is 6.04. The molecule has 1 aromatic carbocycles. The average molecular weight is 170 g/mol. The molecule has 0 aliphatic heterocycles. The van der Waals surface area contributed by atoms with Crippen LogP contribution in [0, 0.1) is 0 Å². The highest BCUT2D eigenvalue weighted by Crippen LogP contribution is 2.20. The largest absolute Gasteiger partial charge is 0.130 e. The predicted octanol–water partition coefficient (Wildman–Crippen LogP) is 2.12. The van der Waals surface area contributed by atoms with E-state index >= 15 is 0 Å². The molecule has 0 saturated heterocycles. The minimum absolute atomic E-state index is 0.550. The van der Waals surface area contributed by atoms with Gasteiger partial charge in [0.25, 0.3) is 0 Å². The Bertz CT molecular complexity index is 218. The first-order chi connectivity index (χ1) is 4.72. The number of hydrogen-bond donors (Lipinski definition) is 0. The van der Waals surface area contributed by atoms with Crippen molar-refractivity contribution in [3.05, 3.63) is 29.8 Å². The first kappa shape index (κ1) is 8.18. The van der Waals surface area contributed by atoms with Gasteiger partial charge in [-0.25, -0.2) is 0 Å². The van der Waals surface area contributed by atoms with Gasteiger partial charge in [0.15, 0.2) is 0 Å². The molecule has 2 heteroatoms. The molecule has 10 heavy (non-hydrogen) atoms. The minimum Gasteiger partial charge on any atom is -0.130 e. The molecule has 0 spiro atoms. The van der Waals surface area contributed by atoms with Crippen molar-refractivity contribution < 1.29 is 0 Å². The minimum atomic E-state index is 0.550. The van der Waals surface area contributed by atoms with Gasteiger partial charge in [0.1, 0.15) is 0 Å². The lowest BCUT2D eigenvalue weighted by Crippen LogP contribution is -1.99. The fourth-order valence-corrected chi connectivity index (χ4v) is 1.89. The maximum absolute atomic E-state index is 2.79. The Morgan fingerprint density at radius 1 is 1.30 bits per heavy atom. The predicted molar refractivity (Wildman–Crippen MR) is 53.9 cm³/mol. The molecule has 3 atom stereocenters. The summed E-state index contributed by atoms with van der Waals surface area (Å²) in [5, 5.41) is 1.30. The molecular weight excluding hydrogens is 158 g/mol. The number of rotatable bonds is 1. The van der Waals surface area contributed by atoms with Gasteiger partial charge in [-0.2, -0.15) is 0 Å². The third-order valence-corrected chi connectivity index (χ3v) is 2.37. The molecule has 0 bridgehead atoms. The topological polar surface area (TPSA) is 0 Å². The van der Waals surface area contributed by atoms with Crippen LogP contribution in [0.3, 0.4) is 0 Å². The zero-order chi connectivity index (χ0) is 7.56. The zero-order valence-corrected chi connectivity index (χ0v) is 8.35. The van der Waals surface area contributed by atoms with E-state index in [1.54, 1.807) is 0 Å². The fraction of sp³-hybridized carbons (Fsp3) is 0.250. The molecule has 3 unspecified atom stereocenters. The standard InChI is InChI=1S/C8H12P2/c1-6(9)7-4-2-3-5-8(7)10/h2-6H,9-10H2,1H3. The summed E-state index contributed by atoms with van der Waals surface area (Å²) in [5.41, 5.74) is 1.94. The van der Waals surface area contributed by atoms with E-state index in [1.165, 1.54) is 10.9 Å². The lowest BCUT2D eigenvalue weighted by Gasteiger charge is -2.07. The second-order valence-corrected chi connectivity index (χ2v) is 4.04. The Kier molecular flexibility index (Phi) is 2.83. The van der Waals surface area contributed by atoms with E-state index in [1.807, 2.05) is 0 Å². The van der Waals surface area contributed by atoms with Crippen molar-refractivity contribution in [2.45, 2.75) is 12.6 Å². The van der Waals surface area contributed by atoms with E-state index < -0.39 is 0 Å². The Hall–Kier alpha value is 0.0800. The molecule has 1 rings (SSSR count). The molecule has 0 saturated carbocycles. The molecule has 0 heterocycles. The van der Waals surface area contributed by atoms with Crippen LogP contribution in [0.5, 0.6) is 0 Å². The lowest BCUT2D eigenvalue weighted by atomic mass is 10.2. The quantitative estimate of drug-likeness (QED) is 0.566. The Balaban J connectivity index is 3.03. The van der Waals surface area contributed by atoms with Crippen molar-refractivity contribution >= 4 is 23.8 Å². The maximum Gasteiger partial charge on any atom is -0.00367 e. The van der Waals surface area contributed by atoms with Crippen molar-refractivity contribution in [3.8, 4) is 0 Å². The second kappa shape index (κ2) is 3.46. The third-order valence-electron chi connectivity index (χ3n) is 1.49. The summed E-state index contributed by atoms with van der Waals surface area (Å²) >= 11 is 0. The summed E-state index contributed by atoms with van der Waals surface area (Å²) in [4.78, 5) is 0. The van der Waals surface area contributed by atoms with Gasteiger partial charge in [0.2, 0.25) is 0 Å². The summed E-state index contributed by atoms with van der Waals surface area (Å²) in [6.45, 7) is 2.17. The first-order valence-electron chi connectivity index (χ1n) is 3.32. The third kappa shape index (κ3) is 1.78.